The highest BCUT2D eigenvalue weighted by Crippen LogP contribution is 2.18. The normalized spacial score (nSPS) is 12.2. The molecule has 0 fully saturated rings. The molecule has 0 aromatic heterocycles. The van der Waals surface area contributed by atoms with E-state index in [9.17, 15) is 4.79 Å². The van der Waals surface area contributed by atoms with E-state index in [-0.39, 0.29) is 11.9 Å². The van der Waals surface area contributed by atoms with Crippen LogP contribution in [0, 0.1) is 6.92 Å². The van der Waals surface area contributed by atoms with Gasteiger partial charge in [0.15, 0.2) is 0 Å². The van der Waals surface area contributed by atoms with E-state index in [4.69, 9.17) is 0 Å². The Kier molecular flexibility index (Phi) is 5.35. The Morgan fingerprint density at radius 3 is 2.81 bits per heavy atom. The van der Waals surface area contributed by atoms with E-state index >= 15 is 0 Å². The lowest BCUT2D eigenvalue weighted by molar-refractivity contribution is 0.0943. The van der Waals surface area contributed by atoms with Gasteiger partial charge in [0.05, 0.1) is 5.56 Å². The van der Waals surface area contributed by atoms with Crippen LogP contribution >= 0.6 is 27.7 Å². The summed E-state index contributed by atoms with van der Waals surface area (Å²) in [4.78, 5) is 11.9. The second kappa shape index (κ2) is 6.30. The summed E-state index contributed by atoms with van der Waals surface area (Å²) in [6.07, 6.45) is 2.03. The molecular weight excluding hydrogens is 286 g/mol. The van der Waals surface area contributed by atoms with Crippen molar-refractivity contribution in [1.29, 1.82) is 0 Å². The van der Waals surface area contributed by atoms with E-state index in [1.54, 1.807) is 11.8 Å². The summed E-state index contributed by atoms with van der Waals surface area (Å²) >= 11 is 5.14. The molecule has 0 spiro atoms. The van der Waals surface area contributed by atoms with E-state index in [0.29, 0.717) is 5.56 Å². The van der Waals surface area contributed by atoms with Gasteiger partial charge in [-0.2, -0.15) is 11.8 Å². The standard InChI is InChI=1S/C12H16BrNOS/c1-8-4-5-10(11(13)6-8)12(15)14-9(2)7-16-3/h4-6,9H,7H2,1-3H3,(H,14,15). The molecule has 16 heavy (non-hydrogen) atoms. The van der Waals surface area contributed by atoms with Gasteiger partial charge in [-0.15, -0.1) is 0 Å². The fourth-order valence-electron chi connectivity index (χ4n) is 1.40. The molecule has 88 valence electrons. The molecule has 0 saturated heterocycles. The van der Waals surface area contributed by atoms with Gasteiger partial charge in [0.25, 0.3) is 5.91 Å². The van der Waals surface area contributed by atoms with Crippen LogP contribution < -0.4 is 5.32 Å². The van der Waals surface area contributed by atoms with Crippen molar-refractivity contribution in [3.05, 3.63) is 33.8 Å². The maximum atomic E-state index is 11.9. The molecule has 1 atom stereocenters. The van der Waals surface area contributed by atoms with Crippen LogP contribution in [0.25, 0.3) is 0 Å². The lowest BCUT2D eigenvalue weighted by Gasteiger charge is -2.13. The highest BCUT2D eigenvalue weighted by molar-refractivity contribution is 9.10. The molecule has 0 aliphatic rings. The second-order valence-electron chi connectivity index (χ2n) is 3.81. The Morgan fingerprint density at radius 2 is 2.25 bits per heavy atom. The van der Waals surface area contributed by atoms with Crippen molar-refractivity contribution in [2.24, 2.45) is 0 Å². The Labute approximate surface area is 109 Å². The molecule has 1 aromatic rings. The summed E-state index contributed by atoms with van der Waals surface area (Å²) < 4.78 is 0.848. The van der Waals surface area contributed by atoms with E-state index in [1.807, 2.05) is 38.3 Å². The van der Waals surface area contributed by atoms with Gasteiger partial charge < -0.3 is 5.32 Å². The molecule has 2 nitrogen and oxygen atoms in total. The van der Waals surface area contributed by atoms with Crippen LogP contribution in [0.1, 0.15) is 22.8 Å². The number of thioether (sulfide) groups is 1. The number of nitrogens with one attached hydrogen (secondary N) is 1. The first kappa shape index (κ1) is 13.6. The third-order valence-corrected chi connectivity index (χ3v) is 3.65. The number of carbonyl (C=O) groups excluding carboxylic acids is 1. The summed E-state index contributed by atoms with van der Waals surface area (Å²) in [6, 6.07) is 5.93. The maximum Gasteiger partial charge on any atom is 0.252 e. The highest BCUT2D eigenvalue weighted by Gasteiger charge is 2.12. The number of halogens is 1. The third kappa shape index (κ3) is 3.83. The molecule has 1 N–H and O–H groups in total. The lowest BCUT2D eigenvalue weighted by Crippen LogP contribution is -2.34. The first-order chi connectivity index (χ1) is 7.54. The van der Waals surface area contributed by atoms with Crippen molar-refractivity contribution >= 4 is 33.6 Å². The van der Waals surface area contributed by atoms with Crippen LogP contribution in [0.3, 0.4) is 0 Å². The minimum absolute atomic E-state index is 0.0200. The monoisotopic (exact) mass is 301 g/mol. The predicted molar refractivity (Wildman–Crippen MR) is 74.2 cm³/mol. The number of hydrogen-bond acceptors (Lipinski definition) is 2. The minimum Gasteiger partial charge on any atom is -0.349 e. The molecule has 4 heteroatoms. The smallest absolute Gasteiger partial charge is 0.252 e. The molecule has 0 saturated carbocycles. The van der Waals surface area contributed by atoms with Crippen molar-refractivity contribution in [1.82, 2.24) is 5.32 Å². The third-order valence-electron chi connectivity index (χ3n) is 2.16. The summed E-state index contributed by atoms with van der Waals surface area (Å²) in [5.41, 5.74) is 1.83. The van der Waals surface area contributed by atoms with Gasteiger partial charge in [-0.25, -0.2) is 0 Å². The predicted octanol–water partition coefficient (Wildman–Crippen LogP) is 3.24. The molecular formula is C12H16BrNOS. The molecule has 0 radical (unpaired) electrons. The average molecular weight is 302 g/mol. The zero-order valence-electron chi connectivity index (χ0n) is 9.71. The Balaban J connectivity index is 2.73. The van der Waals surface area contributed by atoms with E-state index in [0.717, 1.165) is 15.8 Å². The number of rotatable bonds is 4. The zero-order chi connectivity index (χ0) is 12.1. The van der Waals surface area contributed by atoms with Gasteiger partial charge in [-0.1, -0.05) is 6.07 Å². The minimum atomic E-state index is -0.0200. The molecule has 1 unspecified atom stereocenters. The number of benzene rings is 1. The molecule has 0 aliphatic carbocycles. The van der Waals surface area contributed by atoms with E-state index in [2.05, 4.69) is 21.2 Å². The topological polar surface area (TPSA) is 29.1 Å². The van der Waals surface area contributed by atoms with Crippen molar-refractivity contribution in [3.63, 3.8) is 0 Å². The van der Waals surface area contributed by atoms with Gasteiger partial charge in [0.2, 0.25) is 0 Å². The van der Waals surface area contributed by atoms with Gasteiger partial charge in [0.1, 0.15) is 0 Å². The Hall–Kier alpha value is -0.480. The van der Waals surface area contributed by atoms with Crippen molar-refractivity contribution < 1.29 is 4.79 Å². The molecule has 0 heterocycles. The summed E-state index contributed by atoms with van der Waals surface area (Å²) in [5.74, 6) is 0.906. The number of carbonyl (C=O) groups is 1. The van der Waals surface area contributed by atoms with Gasteiger partial charge in [-0.05, 0) is 53.7 Å². The Morgan fingerprint density at radius 1 is 1.56 bits per heavy atom. The lowest BCUT2D eigenvalue weighted by atomic mass is 10.1. The first-order valence-electron chi connectivity index (χ1n) is 5.10. The van der Waals surface area contributed by atoms with Gasteiger partial charge >= 0.3 is 0 Å². The number of aryl methyl sites for hydroxylation is 1. The Bertz CT molecular complexity index is 381. The first-order valence-corrected chi connectivity index (χ1v) is 7.29. The summed E-state index contributed by atoms with van der Waals surface area (Å²) in [7, 11) is 0. The fourth-order valence-corrected chi connectivity index (χ4v) is 2.65. The van der Waals surface area contributed by atoms with Crippen LogP contribution in [0.4, 0.5) is 0 Å². The zero-order valence-corrected chi connectivity index (χ0v) is 12.1. The molecule has 1 amide bonds. The van der Waals surface area contributed by atoms with Crippen LogP contribution in [0.2, 0.25) is 0 Å². The van der Waals surface area contributed by atoms with Crippen LogP contribution in [0.5, 0.6) is 0 Å². The SMILES string of the molecule is CSCC(C)NC(=O)c1ccc(C)cc1Br. The highest BCUT2D eigenvalue weighted by atomic mass is 79.9. The second-order valence-corrected chi connectivity index (χ2v) is 5.58. The summed E-state index contributed by atoms with van der Waals surface area (Å²) in [6.45, 7) is 4.01. The number of hydrogen-bond donors (Lipinski definition) is 1. The van der Waals surface area contributed by atoms with Crippen molar-refractivity contribution in [3.8, 4) is 0 Å². The fraction of sp³-hybridized carbons (Fsp3) is 0.417. The van der Waals surface area contributed by atoms with E-state index in [1.165, 1.54) is 0 Å². The van der Waals surface area contributed by atoms with Crippen LogP contribution in [-0.4, -0.2) is 24.0 Å². The quantitative estimate of drug-likeness (QED) is 0.925. The van der Waals surface area contributed by atoms with Gasteiger partial charge in [0, 0.05) is 16.3 Å². The summed E-state index contributed by atoms with van der Waals surface area (Å²) in [5, 5.41) is 2.97. The van der Waals surface area contributed by atoms with Crippen molar-refractivity contribution in [2.75, 3.05) is 12.0 Å². The van der Waals surface area contributed by atoms with Crippen LogP contribution in [-0.2, 0) is 0 Å². The van der Waals surface area contributed by atoms with Gasteiger partial charge in [-0.3, -0.25) is 4.79 Å². The van der Waals surface area contributed by atoms with Crippen LogP contribution in [0.15, 0.2) is 22.7 Å². The van der Waals surface area contributed by atoms with E-state index < -0.39 is 0 Å². The molecule has 0 aliphatic heterocycles. The molecule has 0 bridgehead atoms. The largest absolute Gasteiger partial charge is 0.349 e. The molecule has 1 aromatic carbocycles. The maximum absolute atomic E-state index is 11.9. The number of amides is 1. The average Bonchev–Trinajstić information content (AvgIpc) is 2.17. The molecule has 1 rings (SSSR count). The van der Waals surface area contributed by atoms with Crippen molar-refractivity contribution in [2.45, 2.75) is 19.9 Å².